The second-order valence-corrected chi connectivity index (χ2v) is 11.2. The minimum Gasteiger partial charge on any atom is -0.457 e. The van der Waals surface area contributed by atoms with Crippen LogP contribution >= 0.6 is 0 Å². The molecule has 0 radical (unpaired) electrons. The number of para-hydroxylation sites is 2. The highest BCUT2D eigenvalue weighted by molar-refractivity contribution is 6.11. The molecule has 6 aromatic carbocycles. The van der Waals surface area contributed by atoms with Crippen LogP contribution in [0.2, 0.25) is 0 Å². The average molecular weight is 579 g/mol. The van der Waals surface area contributed by atoms with Crippen molar-refractivity contribution in [2.45, 2.75) is 0 Å². The lowest BCUT2D eigenvalue weighted by molar-refractivity contribution is 0.125. The first-order chi connectivity index (χ1) is 22.2. The van der Waals surface area contributed by atoms with Crippen LogP contribution in [0.1, 0.15) is 11.1 Å². The fourth-order valence-corrected chi connectivity index (χ4v) is 6.78. The molecule has 3 heterocycles. The number of ether oxygens (including phenoxy) is 2. The predicted molar refractivity (Wildman–Crippen MR) is 176 cm³/mol. The molecule has 8 aromatic rings. The molecule has 0 fully saturated rings. The van der Waals surface area contributed by atoms with Crippen LogP contribution in [-0.2, 0) is 0 Å². The SMILES string of the molecule is N#Cc1ccc2c(c1)c1cc(C#N)ccc1n2-c1ccc2c(c1)-c1cc(-n3c4ccccc4c4ccccc43)ccc1OCO2. The lowest BCUT2D eigenvalue weighted by Gasteiger charge is -2.14. The second kappa shape index (κ2) is 9.50. The number of aromatic nitrogens is 2. The monoisotopic (exact) mass is 578 g/mol. The van der Waals surface area contributed by atoms with Gasteiger partial charge in [-0.1, -0.05) is 36.4 Å². The van der Waals surface area contributed by atoms with Gasteiger partial charge in [-0.05, 0) is 84.9 Å². The Morgan fingerprint density at radius 2 is 0.911 bits per heavy atom. The summed E-state index contributed by atoms with van der Waals surface area (Å²) in [6.45, 7) is 0.108. The Kier molecular flexibility index (Phi) is 5.29. The van der Waals surface area contributed by atoms with Gasteiger partial charge in [0.05, 0.1) is 45.3 Å². The molecule has 45 heavy (non-hydrogen) atoms. The number of fused-ring (bicyclic) bond motifs is 9. The molecule has 0 aliphatic carbocycles. The van der Waals surface area contributed by atoms with Gasteiger partial charge < -0.3 is 18.6 Å². The van der Waals surface area contributed by atoms with Crippen LogP contribution in [-0.4, -0.2) is 15.9 Å². The van der Waals surface area contributed by atoms with Crippen LogP contribution in [0, 0.1) is 22.7 Å². The highest BCUT2D eigenvalue weighted by atomic mass is 16.7. The van der Waals surface area contributed by atoms with E-state index in [4.69, 9.17) is 9.47 Å². The number of nitrogens with zero attached hydrogens (tertiary/aromatic N) is 4. The minimum atomic E-state index is 0.108. The fraction of sp³-hybridized carbons (Fsp3) is 0.0256. The van der Waals surface area contributed by atoms with E-state index >= 15 is 0 Å². The Labute approximate surface area is 257 Å². The van der Waals surface area contributed by atoms with Gasteiger partial charge in [0.1, 0.15) is 11.5 Å². The smallest absolute Gasteiger partial charge is 0.230 e. The van der Waals surface area contributed by atoms with Crippen molar-refractivity contribution in [1.29, 1.82) is 10.5 Å². The third-order valence-electron chi connectivity index (χ3n) is 8.77. The molecule has 6 nitrogen and oxygen atoms in total. The van der Waals surface area contributed by atoms with Gasteiger partial charge in [-0.2, -0.15) is 10.5 Å². The molecule has 0 spiro atoms. The summed E-state index contributed by atoms with van der Waals surface area (Å²) in [6.07, 6.45) is 0. The molecule has 0 N–H and O–H groups in total. The predicted octanol–water partition coefficient (Wildman–Crippen LogP) is 9.02. The van der Waals surface area contributed by atoms with Crippen molar-refractivity contribution in [1.82, 2.24) is 9.13 Å². The first kappa shape index (κ1) is 25.0. The third-order valence-corrected chi connectivity index (χ3v) is 8.77. The van der Waals surface area contributed by atoms with Crippen LogP contribution in [0.4, 0.5) is 0 Å². The van der Waals surface area contributed by atoms with E-state index in [1.165, 1.54) is 10.8 Å². The van der Waals surface area contributed by atoms with Gasteiger partial charge in [0.2, 0.25) is 6.79 Å². The Morgan fingerprint density at radius 3 is 1.38 bits per heavy atom. The van der Waals surface area contributed by atoms with Crippen molar-refractivity contribution in [3.05, 3.63) is 132 Å². The molecule has 1 aliphatic rings. The number of hydrogen-bond acceptors (Lipinski definition) is 4. The van der Waals surface area contributed by atoms with E-state index in [0.717, 1.165) is 66.8 Å². The van der Waals surface area contributed by atoms with Crippen LogP contribution in [0.15, 0.2) is 121 Å². The van der Waals surface area contributed by atoms with Crippen LogP contribution < -0.4 is 9.47 Å². The zero-order valence-electron chi connectivity index (χ0n) is 23.9. The first-order valence-corrected chi connectivity index (χ1v) is 14.6. The van der Waals surface area contributed by atoms with Crippen molar-refractivity contribution >= 4 is 43.6 Å². The largest absolute Gasteiger partial charge is 0.457 e. The third kappa shape index (κ3) is 3.67. The van der Waals surface area contributed by atoms with Crippen molar-refractivity contribution in [3.8, 4) is 46.1 Å². The Hall–Kier alpha value is -6.50. The summed E-state index contributed by atoms with van der Waals surface area (Å²) in [5.41, 5.74) is 9.12. The molecule has 6 heteroatoms. The van der Waals surface area contributed by atoms with Crippen molar-refractivity contribution in [2.24, 2.45) is 0 Å². The molecule has 0 saturated carbocycles. The maximum absolute atomic E-state index is 9.62. The summed E-state index contributed by atoms with van der Waals surface area (Å²) in [5, 5.41) is 23.5. The van der Waals surface area contributed by atoms with Gasteiger partial charge in [-0.15, -0.1) is 0 Å². The molecule has 0 bridgehead atoms. The molecule has 0 saturated heterocycles. The Balaban J connectivity index is 1.29. The molecule has 0 unspecified atom stereocenters. The van der Waals surface area contributed by atoms with E-state index in [-0.39, 0.29) is 6.79 Å². The average Bonchev–Trinajstić information content (AvgIpc) is 3.53. The van der Waals surface area contributed by atoms with Gasteiger partial charge >= 0.3 is 0 Å². The second-order valence-electron chi connectivity index (χ2n) is 11.2. The topological polar surface area (TPSA) is 75.9 Å². The van der Waals surface area contributed by atoms with Crippen molar-refractivity contribution in [2.75, 3.05) is 6.79 Å². The lowest BCUT2D eigenvalue weighted by atomic mass is 10.0. The standard InChI is InChI=1S/C39H22N4O2/c40-21-24-9-13-36-30(17-24)31-18-25(22-41)10-14-37(31)43(36)27-12-16-39-33(20-27)32-19-26(11-15-38(32)44-23-45-39)42-34-7-3-1-5-28(34)29-6-2-4-8-35(29)42/h1-20H,23H2. The van der Waals surface area contributed by atoms with Crippen molar-refractivity contribution < 1.29 is 9.47 Å². The van der Waals surface area contributed by atoms with E-state index < -0.39 is 0 Å². The number of nitriles is 2. The van der Waals surface area contributed by atoms with E-state index in [9.17, 15) is 10.5 Å². The molecule has 1 aliphatic heterocycles. The summed E-state index contributed by atoms with van der Waals surface area (Å²) in [6, 6.07) is 45.3. The highest BCUT2D eigenvalue weighted by Gasteiger charge is 2.21. The Bertz CT molecular complexity index is 2490. The number of benzene rings is 6. The van der Waals surface area contributed by atoms with Gasteiger partial charge in [0.15, 0.2) is 0 Å². The van der Waals surface area contributed by atoms with Crippen LogP contribution in [0.25, 0.3) is 66.1 Å². The summed E-state index contributed by atoms with van der Waals surface area (Å²) >= 11 is 0. The first-order valence-electron chi connectivity index (χ1n) is 14.6. The summed E-state index contributed by atoms with van der Waals surface area (Å²) in [4.78, 5) is 0. The summed E-state index contributed by atoms with van der Waals surface area (Å²) in [5.74, 6) is 1.48. The molecular weight excluding hydrogens is 556 g/mol. The quantitative estimate of drug-likeness (QED) is 0.205. The molecule has 210 valence electrons. The zero-order valence-corrected chi connectivity index (χ0v) is 23.9. The molecule has 0 atom stereocenters. The summed E-state index contributed by atoms with van der Waals surface area (Å²) < 4.78 is 16.7. The summed E-state index contributed by atoms with van der Waals surface area (Å²) in [7, 11) is 0. The maximum atomic E-state index is 9.62. The van der Waals surface area contributed by atoms with Gasteiger partial charge in [0.25, 0.3) is 0 Å². The van der Waals surface area contributed by atoms with Crippen molar-refractivity contribution in [3.63, 3.8) is 0 Å². The lowest BCUT2D eigenvalue weighted by Crippen LogP contribution is -2.03. The van der Waals surface area contributed by atoms with Crippen LogP contribution in [0.5, 0.6) is 11.5 Å². The van der Waals surface area contributed by atoms with E-state index in [1.54, 1.807) is 0 Å². The van der Waals surface area contributed by atoms with Gasteiger partial charge in [0, 0.05) is 44.0 Å². The molecule has 0 amide bonds. The number of rotatable bonds is 2. The number of hydrogen-bond donors (Lipinski definition) is 0. The Morgan fingerprint density at radius 1 is 0.467 bits per heavy atom. The van der Waals surface area contributed by atoms with E-state index in [0.29, 0.717) is 11.1 Å². The molecule has 9 rings (SSSR count). The highest BCUT2D eigenvalue weighted by Crippen LogP contribution is 2.43. The van der Waals surface area contributed by atoms with E-state index in [2.05, 4.69) is 88.0 Å². The van der Waals surface area contributed by atoms with Gasteiger partial charge in [-0.25, -0.2) is 0 Å². The molecular formula is C39H22N4O2. The van der Waals surface area contributed by atoms with E-state index in [1.807, 2.05) is 54.6 Å². The fourth-order valence-electron chi connectivity index (χ4n) is 6.78. The molecule has 2 aromatic heterocycles. The normalized spacial score (nSPS) is 12.2. The van der Waals surface area contributed by atoms with Crippen LogP contribution in [0.3, 0.4) is 0 Å². The minimum absolute atomic E-state index is 0.108. The van der Waals surface area contributed by atoms with Gasteiger partial charge in [-0.3, -0.25) is 0 Å². The zero-order chi connectivity index (χ0) is 30.1. The maximum Gasteiger partial charge on any atom is 0.230 e.